The molecule has 0 amide bonds. The summed E-state index contributed by atoms with van der Waals surface area (Å²) < 4.78 is 13.8. The van der Waals surface area contributed by atoms with Crippen molar-refractivity contribution < 1.29 is 4.39 Å². The lowest BCUT2D eigenvalue weighted by molar-refractivity contribution is 0.0979. The number of hydrogen-bond donors (Lipinski definition) is 0. The maximum absolute atomic E-state index is 13.8. The first-order valence-corrected chi connectivity index (χ1v) is 7.81. The Balaban J connectivity index is 2.42. The highest BCUT2D eigenvalue weighted by Gasteiger charge is 2.41. The molecule has 1 aromatic rings. The summed E-state index contributed by atoms with van der Waals surface area (Å²) in [5, 5.41) is 0.204. The van der Waals surface area contributed by atoms with Crippen molar-refractivity contribution in [1.82, 2.24) is 4.90 Å². The van der Waals surface area contributed by atoms with E-state index in [2.05, 4.69) is 39.5 Å². The second kappa shape index (κ2) is 5.65. The SMILES string of the molecule is CC(C)[C@H]1CCN(C(C)(C)C)[C@@H]1c1ccc(Cl)c(F)c1. The van der Waals surface area contributed by atoms with Gasteiger partial charge in [0.25, 0.3) is 0 Å². The van der Waals surface area contributed by atoms with Crippen LogP contribution in [-0.2, 0) is 0 Å². The molecule has 1 nitrogen and oxygen atoms in total. The first-order valence-electron chi connectivity index (χ1n) is 7.43. The van der Waals surface area contributed by atoms with Gasteiger partial charge in [0.15, 0.2) is 0 Å². The molecule has 1 aromatic carbocycles. The highest BCUT2D eigenvalue weighted by atomic mass is 35.5. The zero-order valence-corrected chi connectivity index (χ0v) is 13.8. The Kier molecular flexibility index (Phi) is 4.46. The molecule has 0 radical (unpaired) electrons. The largest absolute Gasteiger partial charge is 0.291 e. The van der Waals surface area contributed by atoms with E-state index in [1.165, 1.54) is 6.42 Å². The van der Waals surface area contributed by atoms with E-state index in [1.54, 1.807) is 12.1 Å². The van der Waals surface area contributed by atoms with Crippen molar-refractivity contribution in [3.63, 3.8) is 0 Å². The van der Waals surface area contributed by atoms with Gasteiger partial charge in [-0.15, -0.1) is 0 Å². The maximum atomic E-state index is 13.8. The molecule has 2 atom stereocenters. The highest BCUT2D eigenvalue weighted by Crippen LogP contribution is 2.45. The highest BCUT2D eigenvalue weighted by molar-refractivity contribution is 6.30. The number of rotatable bonds is 2. The molecule has 0 aromatic heterocycles. The molecular formula is C17H25ClFN. The van der Waals surface area contributed by atoms with Crippen LogP contribution >= 0.6 is 11.6 Å². The van der Waals surface area contributed by atoms with Crippen molar-refractivity contribution in [2.24, 2.45) is 11.8 Å². The number of likely N-dealkylation sites (tertiary alicyclic amines) is 1. The Morgan fingerprint density at radius 1 is 1.30 bits per heavy atom. The standard InChI is InChI=1S/C17H25ClFN/c1-11(2)13-8-9-20(17(3,4)5)16(13)12-6-7-14(18)15(19)10-12/h6-7,10-11,13,16H,8-9H2,1-5H3/t13-,16-/m1/s1. The van der Waals surface area contributed by atoms with Crippen LogP contribution in [0.3, 0.4) is 0 Å². The van der Waals surface area contributed by atoms with E-state index in [4.69, 9.17) is 11.6 Å². The molecule has 0 unspecified atom stereocenters. The topological polar surface area (TPSA) is 3.24 Å². The van der Waals surface area contributed by atoms with Gasteiger partial charge in [-0.3, -0.25) is 4.90 Å². The minimum Gasteiger partial charge on any atom is -0.291 e. The monoisotopic (exact) mass is 297 g/mol. The summed E-state index contributed by atoms with van der Waals surface area (Å²) in [6, 6.07) is 5.56. The molecule has 1 heterocycles. The van der Waals surface area contributed by atoms with Crippen molar-refractivity contribution >= 4 is 11.6 Å². The van der Waals surface area contributed by atoms with Crippen molar-refractivity contribution in [3.05, 3.63) is 34.6 Å². The van der Waals surface area contributed by atoms with Gasteiger partial charge in [-0.1, -0.05) is 31.5 Å². The molecule has 1 aliphatic heterocycles. The van der Waals surface area contributed by atoms with Crippen molar-refractivity contribution in [3.8, 4) is 0 Å². The van der Waals surface area contributed by atoms with Gasteiger partial charge in [-0.25, -0.2) is 4.39 Å². The van der Waals surface area contributed by atoms with Gasteiger partial charge in [-0.05, 0) is 63.3 Å². The third kappa shape index (κ3) is 3.01. The van der Waals surface area contributed by atoms with Gasteiger partial charge in [0.05, 0.1) is 5.02 Å². The lowest BCUT2D eigenvalue weighted by atomic mass is 9.84. The summed E-state index contributed by atoms with van der Waals surface area (Å²) in [6.45, 7) is 12.3. The Bertz CT molecular complexity index is 478. The van der Waals surface area contributed by atoms with Crippen LogP contribution in [0.5, 0.6) is 0 Å². The Labute approximate surface area is 127 Å². The summed E-state index contributed by atoms with van der Waals surface area (Å²) >= 11 is 5.82. The molecule has 0 saturated carbocycles. The van der Waals surface area contributed by atoms with E-state index >= 15 is 0 Å². The van der Waals surface area contributed by atoms with Gasteiger partial charge in [-0.2, -0.15) is 0 Å². The summed E-state index contributed by atoms with van der Waals surface area (Å²) in [6.07, 6.45) is 1.17. The van der Waals surface area contributed by atoms with Crippen LogP contribution < -0.4 is 0 Å². The first kappa shape index (κ1) is 15.8. The quantitative estimate of drug-likeness (QED) is 0.716. The van der Waals surface area contributed by atoms with E-state index in [0.717, 1.165) is 12.1 Å². The molecule has 2 rings (SSSR count). The Hall–Kier alpha value is -0.600. The smallest absolute Gasteiger partial charge is 0.142 e. The lowest BCUT2D eigenvalue weighted by Crippen LogP contribution is -2.42. The van der Waals surface area contributed by atoms with Crippen LogP contribution in [-0.4, -0.2) is 17.0 Å². The molecule has 3 heteroatoms. The van der Waals surface area contributed by atoms with Crippen molar-refractivity contribution in [2.45, 2.75) is 52.6 Å². The Morgan fingerprint density at radius 3 is 2.45 bits per heavy atom. The zero-order chi connectivity index (χ0) is 15.1. The van der Waals surface area contributed by atoms with Crippen LogP contribution in [0, 0.1) is 17.7 Å². The van der Waals surface area contributed by atoms with Crippen LogP contribution in [0.4, 0.5) is 4.39 Å². The van der Waals surface area contributed by atoms with Crippen LogP contribution in [0.25, 0.3) is 0 Å². The average molecular weight is 298 g/mol. The van der Waals surface area contributed by atoms with Crippen LogP contribution in [0.2, 0.25) is 5.02 Å². The van der Waals surface area contributed by atoms with Crippen LogP contribution in [0.1, 0.15) is 52.6 Å². The lowest BCUT2D eigenvalue weighted by Gasteiger charge is -2.39. The molecule has 1 saturated heterocycles. The number of nitrogens with zero attached hydrogens (tertiary/aromatic N) is 1. The molecule has 0 aliphatic carbocycles. The predicted octanol–water partition coefficient (Wildman–Crippen LogP) is 5.30. The molecule has 0 bridgehead atoms. The van der Waals surface area contributed by atoms with E-state index in [1.807, 2.05) is 6.07 Å². The summed E-state index contributed by atoms with van der Waals surface area (Å²) in [7, 11) is 0. The van der Waals surface area contributed by atoms with Gasteiger partial charge in [0, 0.05) is 11.6 Å². The number of benzene rings is 1. The van der Waals surface area contributed by atoms with Crippen molar-refractivity contribution in [2.75, 3.05) is 6.54 Å². The molecule has 112 valence electrons. The van der Waals surface area contributed by atoms with E-state index < -0.39 is 0 Å². The fourth-order valence-corrected chi connectivity index (χ4v) is 3.51. The third-order valence-corrected chi connectivity index (χ3v) is 4.75. The molecule has 20 heavy (non-hydrogen) atoms. The van der Waals surface area contributed by atoms with Gasteiger partial charge in [0.2, 0.25) is 0 Å². The number of hydrogen-bond acceptors (Lipinski definition) is 1. The summed E-state index contributed by atoms with van der Waals surface area (Å²) in [5.41, 5.74) is 1.14. The summed E-state index contributed by atoms with van der Waals surface area (Å²) in [4.78, 5) is 2.50. The minimum atomic E-state index is -0.313. The molecule has 1 fully saturated rings. The van der Waals surface area contributed by atoms with Gasteiger partial charge in [0.1, 0.15) is 5.82 Å². The normalized spacial score (nSPS) is 24.6. The number of halogens is 2. The molecule has 1 aliphatic rings. The fourth-order valence-electron chi connectivity index (χ4n) is 3.39. The summed E-state index contributed by atoms with van der Waals surface area (Å²) in [5.74, 6) is 0.841. The molecular weight excluding hydrogens is 273 g/mol. The van der Waals surface area contributed by atoms with Gasteiger partial charge < -0.3 is 0 Å². The fraction of sp³-hybridized carbons (Fsp3) is 0.647. The Morgan fingerprint density at radius 2 is 1.95 bits per heavy atom. The van der Waals surface area contributed by atoms with Crippen LogP contribution in [0.15, 0.2) is 18.2 Å². The zero-order valence-electron chi connectivity index (χ0n) is 13.1. The molecule has 0 N–H and O–H groups in total. The van der Waals surface area contributed by atoms with Crippen molar-refractivity contribution in [1.29, 1.82) is 0 Å². The minimum absolute atomic E-state index is 0.0877. The first-order chi connectivity index (χ1) is 9.21. The maximum Gasteiger partial charge on any atom is 0.142 e. The predicted molar refractivity (Wildman–Crippen MR) is 83.6 cm³/mol. The third-order valence-electron chi connectivity index (χ3n) is 4.45. The molecule has 0 spiro atoms. The second-order valence-electron chi connectivity index (χ2n) is 7.18. The average Bonchev–Trinajstić information content (AvgIpc) is 2.77. The van der Waals surface area contributed by atoms with E-state index in [9.17, 15) is 4.39 Å². The van der Waals surface area contributed by atoms with E-state index in [-0.39, 0.29) is 22.4 Å². The van der Waals surface area contributed by atoms with Gasteiger partial charge >= 0.3 is 0 Å². The van der Waals surface area contributed by atoms with E-state index in [0.29, 0.717) is 11.8 Å². The second-order valence-corrected chi connectivity index (χ2v) is 7.59.